The summed E-state index contributed by atoms with van der Waals surface area (Å²) in [5.41, 5.74) is 0.456. The zero-order chi connectivity index (χ0) is 14.3. The van der Waals surface area contributed by atoms with E-state index in [4.69, 9.17) is 21.3 Å². The fourth-order valence-electron chi connectivity index (χ4n) is 3.71. The van der Waals surface area contributed by atoms with Gasteiger partial charge >= 0.3 is 0 Å². The number of halogens is 1. The van der Waals surface area contributed by atoms with E-state index in [9.17, 15) is 0 Å². The van der Waals surface area contributed by atoms with Crippen molar-refractivity contribution in [3.8, 4) is 5.75 Å². The minimum absolute atomic E-state index is 0.431. The van der Waals surface area contributed by atoms with Crippen molar-refractivity contribution < 1.29 is 4.74 Å². The van der Waals surface area contributed by atoms with E-state index >= 15 is 0 Å². The lowest BCUT2D eigenvalue weighted by atomic mass is 9.71. The first-order chi connectivity index (χ1) is 9.52. The van der Waals surface area contributed by atoms with Crippen LogP contribution in [0.15, 0.2) is 29.3 Å². The van der Waals surface area contributed by atoms with E-state index in [1.807, 2.05) is 24.3 Å². The Morgan fingerprint density at radius 2 is 2.05 bits per heavy atom. The molecule has 0 aromatic heterocycles. The minimum atomic E-state index is -0.461. The van der Waals surface area contributed by atoms with Crippen LogP contribution in [-0.4, -0.2) is 10.9 Å². The number of hydrogen-bond donors (Lipinski definition) is 0. The quantitative estimate of drug-likeness (QED) is 0.724. The molecule has 3 heteroatoms. The van der Waals surface area contributed by atoms with Crippen LogP contribution in [0.3, 0.4) is 0 Å². The van der Waals surface area contributed by atoms with Crippen LogP contribution in [-0.2, 0) is 0 Å². The normalized spacial score (nSPS) is 32.8. The predicted molar refractivity (Wildman–Crippen MR) is 83.5 cm³/mol. The van der Waals surface area contributed by atoms with Gasteiger partial charge in [0.25, 0.3) is 0 Å². The topological polar surface area (TPSA) is 21.6 Å². The number of ether oxygens (including phenoxy) is 1. The van der Waals surface area contributed by atoms with E-state index < -0.39 is 5.72 Å². The molecule has 2 nitrogen and oxygen atoms in total. The third-order valence-corrected chi connectivity index (χ3v) is 4.97. The molecule has 108 valence electrons. The molecule has 1 spiro atoms. The summed E-state index contributed by atoms with van der Waals surface area (Å²) in [6, 6.07) is 7.95. The van der Waals surface area contributed by atoms with Crippen LogP contribution in [0, 0.1) is 17.8 Å². The van der Waals surface area contributed by atoms with Crippen molar-refractivity contribution in [2.24, 2.45) is 22.7 Å². The van der Waals surface area contributed by atoms with Gasteiger partial charge in [-0.1, -0.05) is 44.5 Å². The first-order valence-corrected chi connectivity index (χ1v) is 7.93. The third kappa shape index (κ3) is 2.24. The second-order valence-corrected chi connectivity index (χ2v) is 6.94. The minimum Gasteiger partial charge on any atom is -0.465 e. The molecule has 20 heavy (non-hydrogen) atoms. The summed E-state index contributed by atoms with van der Waals surface area (Å²) in [6.45, 7) is 6.80. The summed E-state index contributed by atoms with van der Waals surface area (Å²) >= 11 is 6.46. The summed E-state index contributed by atoms with van der Waals surface area (Å²) < 4.78 is 6.40. The average molecular weight is 292 g/mol. The molecule has 0 saturated heterocycles. The molecule has 1 saturated carbocycles. The number of aliphatic imine (C=N–C) groups is 1. The molecule has 1 aliphatic carbocycles. The van der Waals surface area contributed by atoms with Gasteiger partial charge in [0.1, 0.15) is 10.9 Å². The van der Waals surface area contributed by atoms with Crippen LogP contribution in [0.2, 0.25) is 0 Å². The molecular formula is C17H22ClNO. The Balaban J connectivity index is 2.05. The highest BCUT2D eigenvalue weighted by atomic mass is 35.5. The van der Waals surface area contributed by atoms with E-state index in [1.165, 1.54) is 6.42 Å². The van der Waals surface area contributed by atoms with Crippen LogP contribution in [0.25, 0.3) is 0 Å². The van der Waals surface area contributed by atoms with Crippen LogP contribution >= 0.6 is 11.6 Å². The van der Waals surface area contributed by atoms with Gasteiger partial charge in [0.05, 0.1) is 5.56 Å². The van der Waals surface area contributed by atoms with E-state index in [0.29, 0.717) is 22.9 Å². The summed E-state index contributed by atoms with van der Waals surface area (Å²) in [6.07, 6.45) is 3.37. The SMILES string of the molecule is CC1CCC(C(C)C)C2(C1)N=C(Cl)c1ccccc1O2. The smallest absolute Gasteiger partial charge is 0.205 e. The molecule has 1 aliphatic heterocycles. The fraction of sp³-hybridized carbons (Fsp3) is 0.588. The lowest BCUT2D eigenvalue weighted by Gasteiger charge is -2.47. The summed E-state index contributed by atoms with van der Waals surface area (Å²) in [5.74, 6) is 2.48. The maximum absolute atomic E-state index is 6.46. The molecule has 3 atom stereocenters. The number of rotatable bonds is 1. The van der Waals surface area contributed by atoms with E-state index in [-0.39, 0.29) is 0 Å². The molecule has 0 amide bonds. The van der Waals surface area contributed by atoms with Gasteiger partial charge in [0.2, 0.25) is 5.72 Å². The largest absolute Gasteiger partial charge is 0.465 e. The second-order valence-electron chi connectivity index (χ2n) is 6.58. The molecule has 3 unspecified atom stereocenters. The number of benzene rings is 1. The Hall–Kier alpha value is -1.02. The van der Waals surface area contributed by atoms with Crippen LogP contribution in [0.1, 0.15) is 45.6 Å². The predicted octanol–water partition coefficient (Wildman–Crippen LogP) is 4.85. The number of para-hydroxylation sites is 1. The molecule has 0 radical (unpaired) electrons. The van der Waals surface area contributed by atoms with Crippen molar-refractivity contribution in [3.05, 3.63) is 29.8 Å². The number of hydrogen-bond acceptors (Lipinski definition) is 2. The maximum Gasteiger partial charge on any atom is 0.205 e. The van der Waals surface area contributed by atoms with Crippen molar-refractivity contribution in [3.63, 3.8) is 0 Å². The standard InChI is InChI=1S/C17H22ClNO/c1-11(2)14-9-8-12(3)10-17(14)19-16(18)13-6-4-5-7-15(13)20-17/h4-7,11-12,14H,8-10H2,1-3H3. The molecule has 0 N–H and O–H groups in total. The third-order valence-electron chi connectivity index (χ3n) is 4.68. The highest BCUT2D eigenvalue weighted by Gasteiger charge is 2.48. The van der Waals surface area contributed by atoms with Crippen LogP contribution in [0.4, 0.5) is 0 Å². The molecule has 1 heterocycles. The van der Waals surface area contributed by atoms with Crippen molar-refractivity contribution in [2.75, 3.05) is 0 Å². The molecule has 3 rings (SSSR count). The number of fused-ring (bicyclic) bond motifs is 1. The molecule has 1 fully saturated rings. The van der Waals surface area contributed by atoms with Gasteiger partial charge in [-0.25, -0.2) is 4.99 Å². The molecule has 1 aromatic rings. The summed E-state index contributed by atoms with van der Waals surface area (Å²) in [5, 5.41) is 0.603. The van der Waals surface area contributed by atoms with Crippen molar-refractivity contribution >= 4 is 16.8 Å². The Kier molecular flexibility index (Phi) is 3.53. The molecule has 0 bridgehead atoms. The molecule has 2 aliphatic rings. The van der Waals surface area contributed by atoms with Crippen molar-refractivity contribution in [2.45, 2.75) is 45.8 Å². The molecular weight excluding hydrogens is 270 g/mol. The van der Waals surface area contributed by atoms with E-state index in [0.717, 1.165) is 24.2 Å². The Bertz CT molecular complexity index is 540. The monoisotopic (exact) mass is 291 g/mol. The zero-order valence-electron chi connectivity index (χ0n) is 12.4. The van der Waals surface area contributed by atoms with Crippen LogP contribution in [0.5, 0.6) is 5.75 Å². The average Bonchev–Trinajstić information content (AvgIpc) is 2.38. The van der Waals surface area contributed by atoms with Gasteiger partial charge in [0, 0.05) is 12.3 Å². The number of nitrogens with zero attached hydrogens (tertiary/aromatic N) is 1. The van der Waals surface area contributed by atoms with Gasteiger partial charge in [0.15, 0.2) is 0 Å². The summed E-state index contributed by atoms with van der Waals surface area (Å²) in [4.78, 5) is 4.83. The zero-order valence-corrected chi connectivity index (χ0v) is 13.2. The van der Waals surface area contributed by atoms with E-state index in [2.05, 4.69) is 20.8 Å². The second kappa shape index (κ2) is 5.07. The van der Waals surface area contributed by atoms with Gasteiger partial charge < -0.3 is 4.74 Å². The van der Waals surface area contributed by atoms with Crippen molar-refractivity contribution in [1.29, 1.82) is 0 Å². The highest BCUT2D eigenvalue weighted by molar-refractivity contribution is 6.70. The first kappa shape index (κ1) is 13.9. The Morgan fingerprint density at radius 1 is 1.30 bits per heavy atom. The van der Waals surface area contributed by atoms with Gasteiger partial charge in [-0.2, -0.15) is 0 Å². The van der Waals surface area contributed by atoms with E-state index in [1.54, 1.807) is 0 Å². The Morgan fingerprint density at radius 3 is 2.80 bits per heavy atom. The lowest BCUT2D eigenvalue weighted by molar-refractivity contribution is -0.0536. The maximum atomic E-state index is 6.46. The van der Waals surface area contributed by atoms with Gasteiger partial charge in [-0.15, -0.1) is 0 Å². The molecule has 1 aromatic carbocycles. The lowest BCUT2D eigenvalue weighted by Crippen LogP contribution is -2.50. The van der Waals surface area contributed by atoms with Gasteiger partial charge in [-0.3, -0.25) is 0 Å². The first-order valence-electron chi connectivity index (χ1n) is 7.55. The Labute approximate surface area is 126 Å². The van der Waals surface area contributed by atoms with Crippen molar-refractivity contribution in [1.82, 2.24) is 0 Å². The highest BCUT2D eigenvalue weighted by Crippen LogP contribution is 2.47. The fourth-order valence-corrected chi connectivity index (χ4v) is 4.01. The summed E-state index contributed by atoms with van der Waals surface area (Å²) in [7, 11) is 0. The van der Waals surface area contributed by atoms with Gasteiger partial charge in [-0.05, 0) is 36.8 Å². The van der Waals surface area contributed by atoms with Crippen LogP contribution < -0.4 is 4.74 Å².